The van der Waals surface area contributed by atoms with Crippen LogP contribution in [0, 0.1) is 0 Å². The molecule has 5 heteroatoms. The predicted octanol–water partition coefficient (Wildman–Crippen LogP) is 0.183. The van der Waals surface area contributed by atoms with Crippen LogP contribution in [0.15, 0.2) is 4.99 Å². The van der Waals surface area contributed by atoms with Crippen molar-refractivity contribution in [3.63, 3.8) is 0 Å². The second-order valence-electron chi connectivity index (χ2n) is 2.03. The maximum absolute atomic E-state index is 10.7. The molecule has 0 aliphatic carbocycles. The molecule has 0 aliphatic heterocycles. The molecule has 0 aromatic rings. The quantitative estimate of drug-likeness (QED) is 0.455. The van der Waals surface area contributed by atoms with Crippen LogP contribution in [0.1, 0.15) is 13.8 Å². The van der Waals surface area contributed by atoms with Gasteiger partial charge in [0.15, 0.2) is 0 Å². The fourth-order valence-corrected chi connectivity index (χ4v) is 0.581. The monoisotopic (exact) mass is 187 g/mol. The van der Waals surface area contributed by atoms with Gasteiger partial charge in [0.2, 0.25) is 0 Å². The normalized spacial score (nSPS) is 10.0. The Kier molecular flexibility index (Phi) is 6.49. The summed E-state index contributed by atoms with van der Waals surface area (Å²) in [5.41, 5.74) is 0. The maximum Gasteiger partial charge on any atom is 0.348 e. The molecule has 0 fully saturated rings. The highest BCUT2D eigenvalue weighted by Crippen LogP contribution is 1.80. The molecular weight excluding hydrogens is 174 g/mol. The second kappa shape index (κ2) is 7.27. The molecule has 13 heavy (non-hydrogen) atoms. The standard InChI is InChI=1S/C8H13NO4/c1-3-12-7(10)5-9-6-8(11)13-4-2/h5H,3-4,6H2,1-2H3. The van der Waals surface area contributed by atoms with Crippen molar-refractivity contribution in [2.24, 2.45) is 4.99 Å². The van der Waals surface area contributed by atoms with E-state index in [9.17, 15) is 9.59 Å². The van der Waals surface area contributed by atoms with Crippen molar-refractivity contribution in [2.75, 3.05) is 19.8 Å². The van der Waals surface area contributed by atoms with E-state index in [-0.39, 0.29) is 6.54 Å². The molecule has 0 saturated carbocycles. The van der Waals surface area contributed by atoms with Gasteiger partial charge in [-0.1, -0.05) is 0 Å². The Morgan fingerprint density at radius 2 is 1.85 bits per heavy atom. The summed E-state index contributed by atoms with van der Waals surface area (Å²) in [6.45, 7) is 3.86. The molecule has 0 unspecified atom stereocenters. The molecule has 74 valence electrons. The minimum atomic E-state index is -0.549. The number of hydrogen-bond acceptors (Lipinski definition) is 5. The second-order valence-corrected chi connectivity index (χ2v) is 2.03. The van der Waals surface area contributed by atoms with Gasteiger partial charge in [-0.05, 0) is 13.8 Å². The van der Waals surface area contributed by atoms with Crippen LogP contribution in [-0.4, -0.2) is 37.9 Å². The summed E-state index contributed by atoms with van der Waals surface area (Å²) >= 11 is 0. The predicted molar refractivity (Wildman–Crippen MR) is 46.6 cm³/mol. The number of carbonyl (C=O) groups excluding carboxylic acids is 2. The fraction of sp³-hybridized carbons (Fsp3) is 0.625. The van der Waals surface area contributed by atoms with E-state index >= 15 is 0 Å². The number of ether oxygens (including phenoxy) is 2. The molecule has 0 N–H and O–H groups in total. The number of aliphatic imine (C=N–C) groups is 1. The Balaban J connectivity index is 3.61. The summed E-state index contributed by atoms with van der Waals surface area (Å²) in [5, 5.41) is 0. The van der Waals surface area contributed by atoms with Gasteiger partial charge in [0.1, 0.15) is 12.8 Å². The summed E-state index contributed by atoms with van der Waals surface area (Å²) in [6.07, 6.45) is 0.973. The minimum Gasteiger partial charge on any atom is -0.465 e. The molecule has 0 atom stereocenters. The Labute approximate surface area is 76.7 Å². The van der Waals surface area contributed by atoms with E-state index in [0.717, 1.165) is 6.21 Å². The van der Waals surface area contributed by atoms with Gasteiger partial charge in [0.05, 0.1) is 13.2 Å². The highest BCUT2D eigenvalue weighted by Gasteiger charge is 1.99. The molecular formula is C8H13NO4. The van der Waals surface area contributed by atoms with Crippen LogP contribution in [0.4, 0.5) is 0 Å². The van der Waals surface area contributed by atoms with E-state index in [4.69, 9.17) is 0 Å². The first-order valence-electron chi connectivity index (χ1n) is 4.02. The summed E-state index contributed by atoms with van der Waals surface area (Å²) in [4.78, 5) is 24.9. The zero-order valence-electron chi connectivity index (χ0n) is 7.78. The van der Waals surface area contributed by atoms with Crippen LogP contribution < -0.4 is 0 Å². The largest absolute Gasteiger partial charge is 0.465 e. The highest BCUT2D eigenvalue weighted by molar-refractivity contribution is 6.23. The van der Waals surface area contributed by atoms with Gasteiger partial charge in [0.25, 0.3) is 0 Å². The van der Waals surface area contributed by atoms with Crippen molar-refractivity contribution >= 4 is 18.2 Å². The molecule has 0 rings (SSSR count). The fourth-order valence-electron chi connectivity index (χ4n) is 0.581. The van der Waals surface area contributed by atoms with Crippen molar-refractivity contribution in [1.29, 1.82) is 0 Å². The molecule has 0 aromatic heterocycles. The third-order valence-electron chi connectivity index (χ3n) is 1.01. The first-order valence-corrected chi connectivity index (χ1v) is 4.02. The Hall–Kier alpha value is -1.39. The van der Waals surface area contributed by atoms with Crippen LogP contribution in [-0.2, 0) is 19.1 Å². The molecule has 0 aromatic carbocycles. The van der Waals surface area contributed by atoms with Gasteiger partial charge in [0, 0.05) is 0 Å². The van der Waals surface area contributed by atoms with Crippen molar-refractivity contribution in [2.45, 2.75) is 13.8 Å². The van der Waals surface area contributed by atoms with E-state index in [1.54, 1.807) is 13.8 Å². The SMILES string of the molecule is CCOC(=O)C=NCC(=O)OCC. The van der Waals surface area contributed by atoms with Crippen molar-refractivity contribution in [3.8, 4) is 0 Å². The third-order valence-corrected chi connectivity index (χ3v) is 1.01. The van der Waals surface area contributed by atoms with Crippen LogP contribution in [0.5, 0.6) is 0 Å². The van der Waals surface area contributed by atoms with Crippen LogP contribution in [0.25, 0.3) is 0 Å². The number of hydrogen-bond donors (Lipinski definition) is 0. The zero-order chi connectivity index (χ0) is 10.1. The van der Waals surface area contributed by atoms with E-state index in [2.05, 4.69) is 14.5 Å². The first kappa shape index (κ1) is 11.6. The van der Waals surface area contributed by atoms with Gasteiger partial charge in [-0.15, -0.1) is 0 Å². The average molecular weight is 187 g/mol. The Morgan fingerprint density at radius 3 is 2.38 bits per heavy atom. The lowest BCUT2D eigenvalue weighted by Crippen LogP contribution is -2.10. The molecule has 0 spiro atoms. The van der Waals surface area contributed by atoms with Gasteiger partial charge < -0.3 is 9.47 Å². The summed E-state index contributed by atoms with van der Waals surface area (Å²) < 4.78 is 9.12. The van der Waals surface area contributed by atoms with E-state index in [0.29, 0.717) is 13.2 Å². The van der Waals surface area contributed by atoms with Crippen LogP contribution in [0.3, 0.4) is 0 Å². The molecule has 0 amide bonds. The third kappa shape index (κ3) is 6.99. The number of nitrogens with zero attached hydrogens (tertiary/aromatic N) is 1. The zero-order valence-corrected chi connectivity index (χ0v) is 7.78. The summed E-state index contributed by atoms with van der Waals surface area (Å²) in [7, 11) is 0. The lowest BCUT2D eigenvalue weighted by Gasteiger charge is -1.96. The van der Waals surface area contributed by atoms with Gasteiger partial charge in [-0.25, -0.2) is 4.79 Å². The van der Waals surface area contributed by atoms with Crippen molar-refractivity contribution in [1.82, 2.24) is 0 Å². The Bertz CT molecular complexity index is 200. The number of carbonyl (C=O) groups is 2. The van der Waals surface area contributed by atoms with E-state index in [1.165, 1.54) is 0 Å². The topological polar surface area (TPSA) is 65.0 Å². The van der Waals surface area contributed by atoms with Gasteiger partial charge >= 0.3 is 11.9 Å². The molecule has 0 bridgehead atoms. The number of esters is 2. The van der Waals surface area contributed by atoms with Gasteiger partial charge in [-0.3, -0.25) is 9.79 Å². The van der Waals surface area contributed by atoms with Crippen LogP contribution >= 0.6 is 0 Å². The summed E-state index contributed by atoms with van der Waals surface area (Å²) in [6, 6.07) is 0. The first-order chi connectivity index (χ1) is 6.20. The molecule has 0 radical (unpaired) electrons. The lowest BCUT2D eigenvalue weighted by atomic mass is 10.6. The van der Waals surface area contributed by atoms with Gasteiger partial charge in [-0.2, -0.15) is 0 Å². The van der Waals surface area contributed by atoms with Crippen molar-refractivity contribution in [3.05, 3.63) is 0 Å². The van der Waals surface area contributed by atoms with Crippen molar-refractivity contribution < 1.29 is 19.1 Å². The van der Waals surface area contributed by atoms with E-state index in [1.807, 2.05) is 0 Å². The molecule has 0 aliphatic rings. The molecule has 0 saturated heterocycles. The molecule has 5 nitrogen and oxygen atoms in total. The van der Waals surface area contributed by atoms with Crippen LogP contribution in [0.2, 0.25) is 0 Å². The summed E-state index contributed by atoms with van der Waals surface area (Å²) in [5.74, 6) is -1.00. The smallest absolute Gasteiger partial charge is 0.348 e. The lowest BCUT2D eigenvalue weighted by molar-refractivity contribution is -0.141. The molecule has 0 heterocycles. The highest BCUT2D eigenvalue weighted by atomic mass is 16.5. The maximum atomic E-state index is 10.7. The Morgan fingerprint density at radius 1 is 1.23 bits per heavy atom. The average Bonchev–Trinajstić information content (AvgIpc) is 2.05. The minimum absolute atomic E-state index is 0.146. The van der Waals surface area contributed by atoms with E-state index < -0.39 is 11.9 Å². The number of rotatable bonds is 5.